The van der Waals surface area contributed by atoms with E-state index in [1.165, 1.54) is 17.5 Å². The van der Waals surface area contributed by atoms with Crippen molar-refractivity contribution in [3.05, 3.63) is 35.4 Å². The molecule has 0 saturated carbocycles. The van der Waals surface area contributed by atoms with E-state index in [2.05, 4.69) is 36.5 Å². The molecule has 1 aromatic rings. The van der Waals surface area contributed by atoms with Crippen molar-refractivity contribution in [1.82, 2.24) is 5.32 Å². The quantitative estimate of drug-likeness (QED) is 0.692. The highest BCUT2D eigenvalue weighted by atomic mass is 16.5. The summed E-state index contributed by atoms with van der Waals surface area (Å²) in [5, 5.41) is 3.35. The lowest BCUT2D eigenvalue weighted by Crippen LogP contribution is -2.20. The average Bonchev–Trinajstić information content (AvgIpc) is 2.25. The second-order valence-corrected chi connectivity index (χ2v) is 3.77. The fourth-order valence-electron chi connectivity index (χ4n) is 1.59. The summed E-state index contributed by atoms with van der Waals surface area (Å²) in [5.74, 6) is 0. The zero-order valence-electron chi connectivity index (χ0n) is 9.75. The summed E-state index contributed by atoms with van der Waals surface area (Å²) >= 11 is 0. The van der Waals surface area contributed by atoms with Crippen LogP contribution in [0.2, 0.25) is 0 Å². The van der Waals surface area contributed by atoms with Gasteiger partial charge in [0.1, 0.15) is 0 Å². The van der Waals surface area contributed by atoms with Gasteiger partial charge in [-0.1, -0.05) is 24.3 Å². The lowest BCUT2D eigenvalue weighted by atomic mass is 10.0. The largest absolute Gasteiger partial charge is 0.383 e. The van der Waals surface area contributed by atoms with Crippen LogP contribution in [0, 0.1) is 6.92 Å². The molecule has 0 aliphatic rings. The Bertz CT molecular complexity index is 273. The number of rotatable bonds is 7. The van der Waals surface area contributed by atoms with E-state index in [4.69, 9.17) is 4.74 Å². The highest BCUT2D eigenvalue weighted by molar-refractivity contribution is 5.25. The maximum Gasteiger partial charge on any atom is 0.0587 e. The maximum absolute atomic E-state index is 4.96. The lowest BCUT2D eigenvalue weighted by Gasteiger charge is -2.06. The number of aryl methyl sites for hydroxylation is 2. The summed E-state index contributed by atoms with van der Waals surface area (Å²) in [6.07, 6.45) is 2.35. The Balaban J connectivity index is 2.12. The van der Waals surface area contributed by atoms with Gasteiger partial charge in [-0.15, -0.1) is 0 Å². The summed E-state index contributed by atoms with van der Waals surface area (Å²) in [6.45, 7) is 4.99. The Morgan fingerprint density at radius 1 is 1.20 bits per heavy atom. The number of benzene rings is 1. The molecular weight excluding hydrogens is 186 g/mol. The molecule has 0 spiro atoms. The first kappa shape index (κ1) is 12.2. The fourth-order valence-corrected chi connectivity index (χ4v) is 1.59. The van der Waals surface area contributed by atoms with Gasteiger partial charge in [0, 0.05) is 13.7 Å². The van der Waals surface area contributed by atoms with Gasteiger partial charge in [-0.05, 0) is 37.4 Å². The van der Waals surface area contributed by atoms with E-state index in [1.807, 2.05) is 0 Å². The van der Waals surface area contributed by atoms with Gasteiger partial charge in [0.05, 0.1) is 6.61 Å². The number of ether oxygens (including phenoxy) is 1. The van der Waals surface area contributed by atoms with Crippen LogP contribution in [0.15, 0.2) is 24.3 Å². The van der Waals surface area contributed by atoms with Crippen molar-refractivity contribution >= 4 is 0 Å². The first-order valence-corrected chi connectivity index (χ1v) is 5.58. The van der Waals surface area contributed by atoms with Gasteiger partial charge >= 0.3 is 0 Å². The molecule has 0 aliphatic carbocycles. The van der Waals surface area contributed by atoms with Crippen LogP contribution in [0.1, 0.15) is 17.5 Å². The molecular formula is C13H21NO. The Morgan fingerprint density at radius 2 is 2.00 bits per heavy atom. The Hall–Kier alpha value is -0.860. The molecule has 0 amide bonds. The molecule has 15 heavy (non-hydrogen) atoms. The number of nitrogens with one attached hydrogen (secondary N) is 1. The minimum Gasteiger partial charge on any atom is -0.383 e. The van der Waals surface area contributed by atoms with Crippen molar-refractivity contribution in [3.8, 4) is 0 Å². The minimum absolute atomic E-state index is 0.796. The Morgan fingerprint density at radius 3 is 2.73 bits per heavy atom. The van der Waals surface area contributed by atoms with E-state index in [-0.39, 0.29) is 0 Å². The van der Waals surface area contributed by atoms with E-state index in [0.29, 0.717) is 0 Å². The van der Waals surface area contributed by atoms with Gasteiger partial charge in [0.25, 0.3) is 0 Å². The van der Waals surface area contributed by atoms with Crippen molar-refractivity contribution in [1.29, 1.82) is 0 Å². The first-order valence-electron chi connectivity index (χ1n) is 5.58. The van der Waals surface area contributed by atoms with Gasteiger partial charge in [0.15, 0.2) is 0 Å². The van der Waals surface area contributed by atoms with Crippen LogP contribution in [0.4, 0.5) is 0 Å². The smallest absolute Gasteiger partial charge is 0.0587 e. The van der Waals surface area contributed by atoms with Gasteiger partial charge in [-0.3, -0.25) is 0 Å². The van der Waals surface area contributed by atoms with Crippen LogP contribution in [0.5, 0.6) is 0 Å². The summed E-state index contributed by atoms with van der Waals surface area (Å²) in [7, 11) is 1.73. The molecule has 0 radical (unpaired) electrons. The molecule has 0 bridgehead atoms. The molecule has 0 aromatic heterocycles. The molecule has 1 rings (SSSR count). The highest BCUT2D eigenvalue weighted by Crippen LogP contribution is 2.08. The van der Waals surface area contributed by atoms with Crippen molar-refractivity contribution in [2.75, 3.05) is 26.8 Å². The number of hydrogen-bond acceptors (Lipinski definition) is 2. The van der Waals surface area contributed by atoms with Crippen LogP contribution in [0.3, 0.4) is 0 Å². The van der Waals surface area contributed by atoms with E-state index in [1.54, 1.807) is 7.11 Å². The van der Waals surface area contributed by atoms with Gasteiger partial charge in [-0.2, -0.15) is 0 Å². The normalized spacial score (nSPS) is 10.5. The fraction of sp³-hybridized carbons (Fsp3) is 0.538. The Kier molecular flexibility index (Phi) is 6.05. The van der Waals surface area contributed by atoms with Gasteiger partial charge < -0.3 is 10.1 Å². The van der Waals surface area contributed by atoms with E-state index < -0.39 is 0 Å². The summed E-state index contributed by atoms with van der Waals surface area (Å²) in [6, 6.07) is 8.59. The molecule has 1 N–H and O–H groups in total. The van der Waals surface area contributed by atoms with Crippen LogP contribution in [-0.2, 0) is 11.2 Å². The lowest BCUT2D eigenvalue weighted by molar-refractivity contribution is 0.199. The van der Waals surface area contributed by atoms with Crippen LogP contribution < -0.4 is 5.32 Å². The Labute approximate surface area is 92.6 Å². The standard InChI is InChI=1S/C13H21NO/c1-12-6-3-4-7-13(12)8-5-9-14-10-11-15-2/h3-4,6-7,14H,5,8-11H2,1-2H3. The van der Waals surface area contributed by atoms with Crippen LogP contribution in [0.25, 0.3) is 0 Å². The zero-order chi connectivity index (χ0) is 10.9. The van der Waals surface area contributed by atoms with Crippen molar-refractivity contribution < 1.29 is 4.74 Å². The minimum atomic E-state index is 0.796. The summed E-state index contributed by atoms with van der Waals surface area (Å²) in [5.41, 5.74) is 2.86. The molecule has 0 heterocycles. The number of methoxy groups -OCH3 is 1. The molecule has 0 atom stereocenters. The van der Waals surface area contributed by atoms with E-state index in [0.717, 1.165) is 26.1 Å². The molecule has 84 valence electrons. The van der Waals surface area contributed by atoms with Crippen molar-refractivity contribution in [2.45, 2.75) is 19.8 Å². The van der Waals surface area contributed by atoms with Gasteiger partial charge in [0.2, 0.25) is 0 Å². The molecule has 0 aliphatic heterocycles. The summed E-state index contributed by atoms with van der Waals surface area (Å²) < 4.78 is 4.96. The molecule has 2 heteroatoms. The number of hydrogen-bond donors (Lipinski definition) is 1. The van der Waals surface area contributed by atoms with E-state index >= 15 is 0 Å². The molecule has 0 saturated heterocycles. The molecule has 0 unspecified atom stereocenters. The predicted molar refractivity (Wildman–Crippen MR) is 64.2 cm³/mol. The topological polar surface area (TPSA) is 21.3 Å². The second-order valence-electron chi connectivity index (χ2n) is 3.77. The molecule has 1 aromatic carbocycles. The zero-order valence-corrected chi connectivity index (χ0v) is 9.75. The third-order valence-corrected chi connectivity index (χ3v) is 2.54. The SMILES string of the molecule is COCCNCCCc1ccccc1C. The summed E-state index contributed by atoms with van der Waals surface area (Å²) in [4.78, 5) is 0. The third kappa shape index (κ3) is 4.96. The maximum atomic E-state index is 4.96. The monoisotopic (exact) mass is 207 g/mol. The predicted octanol–water partition coefficient (Wildman–Crippen LogP) is 2.16. The van der Waals surface area contributed by atoms with Crippen LogP contribution in [-0.4, -0.2) is 26.8 Å². The average molecular weight is 207 g/mol. The molecule has 2 nitrogen and oxygen atoms in total. The van der Waals surface area contributed by atoms with Crippen LogP contribution >= 0.6 is 0 Å². The second kappa shape index (κ2) is 7.43. The first-order chi connectivity index (χ1) is 7.34. The van der Waals surface area contributed by atoms with Crippen molar-refractivity contribution in [3.63, 3.8) is 0 Å². The third-order valence-electron chi connectivity index (χ3n) is 2.54. The van der Waals surface area contributed by atoms with E-state index in [9.17, 15) is 0 Å². The van der Waals surface area contributed by atoms with Crippen molar-refractivity contribution in [2.24, 2.45) is 0 Å². The van der Waals surface area contributed by atoms with Gasteiger partial charge in [-0.25, -0.2) is 0 Å². The highest BCUT2D eigenvalue weighted by Gasteiger charge is 1.96. The molecule has 0 fully saturated rings.